The van der Waals surface area contributed by atoms with Gasteiger partial charge in [-0.05, 0) is 37.8 Å². The van der Waals surface area contributed by atoms with Gasteiger partial charge in [-0.2, -0.15) is 5.10 Å². The van der Waals surface area contributed by atoms with Gasteiger partial charge in [-0.25, -0.2) is 9.48 Å². The smallest absolute Gasteiger partial charge is 0.358 e. The minimum atomic E-state index is -0.448. The number of aromatic nitrogens is 2. The molecule has 0 saturated heterocycles. The van der Waals surface area contributed by atoms with Crippen LogP contribution in [0.25, 0.3) is 5.69 Å². The normalized spacial score (nSPS) is 13.0. The van der Waals surface area contributed by atoms with Crippen molar-refractivity contribution in [3.05, 3.63) is 50.8 Å². The number of carbonyl (C=O) groups excluding carboxylic acids is 1. The lowest BCUT2D eigenvalue weighted by Crippen LogP contribution is -2.07. The number of carbonyl (C=O) groups is 1. The molecular weight excluding hydrogens is 286 g/mol. The number of non-ortho nitro benzene ring substituents is 1. The summed E-state index contributed by atoms with van der Waals surface area (Å²) in [5.41, 5.74) is 3.77. The van der Waals surface area contributed by atoms with Crippen LogP contribution in [0.2, 0.25) is 0 Å². The Labute approximate surface area is 126 Å². The van der Waals surface area contributed by atoms with E-state index in [9.17, 15) is 14.9 Å². The number of hydrogen-bond acceptors (Lipinski definition) is 5. The van der Waals surface area contributed by atoms with Gasteiger partial charge in [-0.15, -0.1) is 0 Å². The highest BCUT2D eigenvalue weighted by Gasteiger charge is 2.28. The first-order valence-corrected chi connectivity index (χ1v) is 6.97. The SMILES string of the molecule is COC(=O)c1nn(-c2ccc([N+](=O)[O-])cc2C)c2c1CCC2. The van der Waals surface area contributed by atoms with Crippen LogP contribution >= 0.6 is 0 Å². The molecule has 0 aliphatic heterocycles. The molecule has 1 aromatic carbocycles. The van der Waals surface area contributed by atoms with Crippen LogP contribution in [0.4, 0.5) is 5.69 Å². The molecule has 1 aromatic heterocycles. The number of benzene rings is 1. The minimum Gasteiger partial charge on any atom is -0.464 e. The van der Waals surface area contributed by atoms with E-state index in [0.29, 0.717) is 5.69 Å². The third kappa shape index (κ3) is 2.14. The molecule has 7 nitrogen and oxygen atoms in total. The van der Waals surface area contributed by atoms with E-state index in [1.807, 2.05) is 0 Å². The molecule has 114 valence electrons. The number of hydrogen-bond donors (Lipinski definition) is 0. The third-order valence-corrected chi connectivity index (χ3v) is 3.93. The molecule has 2 aromatic rings. The fourth-order valence-corrected chi connectivity index (χ4v) is 2.89. The first kappa shape index (κ1) is 14.2. The Morgan fingerprint density at radius 1 is 1.41 bits per heavy atom. The number of fused-ring (bicyclic) bond motifs is 1. The molecule has 0 N–H and O–H groups in total. The molecule has 3 rings (SSSR count). The Morgan fingerprint density at radius 2 is 2.18 bits per heavy atom. The van der Waals surface area contributed by atoms with Gasteiger partial charge in [-0.3, -0.25) is 10.1 Å². The number of aryl methyl sites for hydroxylation is 1. The first-order chi connectivity index (χ1) is 10.5. The molecule has 1 heterocycles. The van der Waals surface area contributed by atoms with Crippen molar-refractivity contribution in [1.29, 1.82) is 0 Å². The van der Waals surface area contributed by atoms with Crippen molar-refractivity contribution in [2.24, 2.45) is 0 Å². The van der Waals surface area contributed by atoms with Gasteiger partial charge in [0.05, 0.1) is 17.7 Å². The van der Waals surface area contributed by atoms with E-state index < -0.39 is 10.9 Å². The van der Waals surface area contributed by atoms with E-state index in [4.69, 9.17) is 4.74 Å². The van der Waals surface area contributed by atoms with Crippen LogP contribution < -0.4 is 0 Å². The molecule has 1 aliphatic rings. The fourth-order valence-electron chi connectivity index (χ4n) is 2.89. The monoisotopic (exact) mass is 301 g/mol. The third-order valence-electron chi connectivity index (χ3n) is 3.93. The standard InChI is InChI=1S/C15H15N3O4/c1-9-8-10(18(20)21)6-7-12(9)17-13-5-3-4-11(13)14(16-17)15(19)22-2/h6-8H,3-5H2,1-2H3. The number of rotatable bonds is 3. The van der Waals surface area contributed by atoms with E-state index in [1.54, 1.807) is 17.7 Å². The van der Waals surface area contributed by atoms with Crippen molar-refractivity contribution in [3.63, 3.8) is 0 Å². The molecule has 0 amide bonds. The maximum atomic E-state index is 11.9. The van der Waals surface area contributed by atoms with Crippen LogP contribution in [-0.4, -0.2) is 27.8 Å². The lowest BCUT2D eigenvalue weighted by molar-refractivity contribution is -0.384. The topological polar surface area (TPSA) is 87.3 Å². The highest BCUT2D eigenvalue weighted by atomic mass is 16.6. The average Bonchev–Trinajstić information content (AvgIpc) is 3.08. The summed E-state index contributed by atoms with van der Waals surface area (Å²) in [7, 11) is 1.33. The maximum absolute atomic E-state index is 11.9. The van der Waals surface area contributed by atoms with Crippen molar-refractivity contribution >= 4 is 11.7 Å². The predicted octanol–water partition coefficient (Wildman–Crippen LogP) is 2.36. The second kappa shape index (κ2) is 5.25. The lowest BCUT2D eigenvalue weighted by atomic mass is 10.1. The minimum absolute atomic E-state index is 0.0400. The Morgan fingerprint density at radius 3 is 2.82 bits per heavy atom. The molecule has 7 heteroatoms. The van der Waals surface area contributed by atoms with Crippen LogP contribution in [0.3, 0.4) is 0 Å². The molecule has 0 saturated carbocycles. The quantitative estimate of drug-likeness (QED) is 0.493. The second-order valence-corrected chi connectivity index (χ2v) is 5.26. The largest absolute Gasteiger partial charge is 0.464 e. The summed E-state index contributed by atoms with van der Waals surface area (Å²) in [4.78, 5) is 22.3. The van der Waals surface area contributed by atoms with Gasteiger partial charge < -0.3 is 4.74 Å². The number of nitro groups is 1. The summed E-state index contributed by atoms with van der Waals surface area (Å²) in [5.74, 6) is -0.448. The van der Waals surface area contributed by atoms with Gasteiger partial charge in [0.25, 0.3) is 5.69 Å². The van der Waals surface area contributed by atoms with Gasteiger partial charge in [0.15, 0.2) is 5.69 Å². The molecule has 0 atom stereocenters. The van der Waals surface area contributed by atoms with Gasteiger partial charge in [-0.1, -0.05) is 0 Å². The van der Waals surface area contributed by atoms with Crippen LogP contribution in [0.1, 0.15) is 33.7 Å². The molecule has 0 bridgehead atoms. The van der Waals surface area contributed by atoms with Gasteiger partial charge in [0, 0.05) is 23.4 Å². The number of esters is 1. The highest BCUT2D eigenvalue weighted by Crippen LogP contribution is 2.30. The Hall–Kier alpha value is -2.70. The molecular formula is C15H15N3O4. The summed E-state index contributed by atoms with van der Waals surface area (Å²) < 4.78 is 6.50. The molecule has 1 aliphatic carbocycles. The number of ether oxygens (including phenoxy) is 1. The maximum Gasteiger partial charge on any atom is 0.358 e. The van der Waals surface area contributed by atoms with E-state index >= 15 is 0 Å². The highest BCUT2D eigenvalue weighted by molar-refractivity contribution is 5.89. The number of nitrogens with zero attached hydrogens (tertiary/aromatic N) is 3. The lowest BCUT2D eigenvalue weighted by Gasteiger charge is -2.08. The molecule has 0 fully saturated rings. The summed E-state index contributed by atoms with van der Waals surface area (Å²) in [6, 6.07) is 4.62. The van der Waals surface area contributed by atoms with Crippen LogP contribution in [0.15, 0.2) is 18.2 Å². The van der Waals surface area contributed by atoms with Crippen LogP contribution in [-0.2, 0) is 17.6 Å². The Kier molecular flexibility index (Phi) is 3.40. The summed E-state index contributed by atoms with van der Waals surface area (Å²) in [6.07, 6.45) is 2.59. The van der Waals surface area contributed by atoms with Crippen molar-refractivity contribution < 1.29 is 14.5 Å². The Balaban J connectivity index is 2.13. The molecule has 0 radical (unpaired) electrons. The Bertz CT molecular complexity index is 779. The summed E-state index contributed by atoms with van der Waals surface area (Å²) >= 11 is 0. The van der Waals surface area contributed by atoms with E-state index in [2.05, 4.69) is 5.10 Å². The van der Waals surface area contributed by atoms with E-state index in [-0.39, 0.29) is 5.69 Å². The number of methoxy groups -OCH3 is 1. The zero-order valence-electron chi connectivity index (χ0n) is 12.3. The van der Waals surface area contributed by atoms with Crippen molar-refractivity contribution in [1.82, 2.24) is 9.78 Å². The fraction of sp³-hybridized carbons (Fsp3) is 0.333. The van der Waals surface area contributed by atoms with Gasteiger partial charge >= 0.3 is 5.97 Å². The van der Waals surface area contributed by atoms with Crippen molar-refractivity contribution in [3.8, 4) is 5.69 Å². The van der Waals surface area contributed by atoms with Gasteiger partial charge in [0.1, 0.15) is 0 Å². The van der Waals surface area contributed by atoms with E-state index in [0.717, 1.165) is 41.8 Å². The van der Waals surface area contributed by atoms with E-state index in [1.165, 1.54) is 19.2 Å². The zero-order chi connectivity index (χ0) is 15.9. The van der Waals surface area contributed by atoms with Gasteiger partial charge in [0.2, 0.25) is 0 Å². The second-order valence-electron chi connectivity index (χ2n) is 5.26. The van der Waals surface area contributed by atoms with Crippen molar-refractivity contribution in [2.45, 2.75) is 26.2 Å². The molecule has 22 heavy (non-hydrogen) atoms. The summed E-state index contributed by atoms with van der Waals surface area (Å²) in [6.45, 7) is 1.79. The summed E-state index contributed by atoms with van der Waals surface area (Å²) in [5, 5.41) is 15.2. The predicted molar refractivity (Wildman–Crippen MR) is 78.3 cm³/mol. The first-order valence-electron chi connectivity index (χ1n) is 6.97. The average molecular weight is 301 g/mol. The van der Waals surface area contributed by atoms with Crippen LogP contribution in [0, 0.1) is 17.0 Å². The zero-order valence-corrected chi connectivity index (χ0v) is 12.3. The van der Waals surface area contributed by atoms with Crippen LogP contribution in [0.5, 0.6) is 0 Å². The number of nitro benzene ring substituents is 1. The molecule has 0 unspecified atom stereocenters. The van der Waals surface area contributed by atoms with Crippen molar-refractivity contribution in [2.75, 3.05) is 7.11 Å². The molecule has 0 spiro atoms.